The summed E-state index contributed by atoms with van der Waals surface area (Å²) in [5.41, 5.74) is 0.454. The fourth-order valence-electron chi connectivity index (χ4n) is 2.69. The van der Waals surface area contributed by atoms with Crippen molar-refractivity contribution in [1.82, 2.24) is 9.78 Å². The molecule has 0 saturated carbocycles. The number of nitrogens with zero attached hydrogens (tertiary/aromatic N) is 2. The molecule has 3 aromatic rings. The van der Waals surface area contributed by atoms with Gasteiger partial charge >= 0.3 is 12.1 Å². The molecule has 0 spiro atoms. The van der Waals surface area contributed by atoms with Crippen molar-refractivity contribution in [3.63, 3.8) is 0 Å². The molecule has 0 atom stereocenters. The molecular formula is C20H21N3O7. The Bertz CT molecular complexity index is 1080. The number of furan rings is 1. The van der Waals surface area contributed by atoms with Crippen LogP contribution in [-0.4, -0.2) is 48.1 Å². The van der Waals surface area contributed by atoms with Gasteiger partial charge in [-0.25, -0.2) is 9.59 Å². The molecule has 10 nitrogen and oxygen atoms in total. The monoisotopic (exact) mass is 415 g/mol. The summed E-state index contributed by atoms with van der Waals surface area (Å²) in [5, 5.41) is 6.66. The summed E-state index contributed by atoms with van der Waals surface area (Å²) < 4.78 is 21.7. The quantitative estimate of drug-likeness (QED) is 0.582. The normalized spacial score (nSPS) is 10.6. The zero-order chi connectivity index (χ0) is 21.7. The van der Waals surface area contributed by atoms with Crippen molar-refractivity contribution in [2.45, 2.75) is 20.3 Å². The number of hydrogen-bond donors (Lipinski definition) is 1. The Labute approximate surface area is 171 Å². The van der Waals surface area contributed by atoms with Gasteiger partial charge in [0.05, 0.1) is 25.9 Å². The maximum atomic E-state index is 12.7. The lowest BCUT2D eigenvalue weighted by Gasteiger charge is -2.07. The second-order valence-corrected chi connectivity index (χ2v) is 6.07. The molecule has 1 amide bonds. The smallest absolute Gasteiger partial charge is 0.435 e. The van der Waals surface area contributed by atoms with Crippen LogP contribution in [-0.2, 0) is 9.47 Å². The Morgan fingerprint density at radius 2 is 1.93 bits per heavy atom. The molecule has 158 valence electrons. The van der Waals surface area contributed by atoms with Crippen LogP contribution in [0, 0.1) is 0 Å². The molecule has 0 aliphatic rings. The van der Waals surface area contributed by atoms with E-state index in [1.165, 1.54) is 13.2 Å². The number of anilines is 1. The number of fused-ring (bicyclic) bond motifs is 1. The van der Waals surface area contributed by atoms with Crippen LogP contribution in [0.2, 0.25) is 0 Å². The fraction of sp³-hybridized carbons (Fsp3) is 0.300. The van der Waals surface area contributed by atoms with Gasteiger partial charge in [-0.1, -0.05) is 19.1 Å². The van der Waals surface area contributed by atoms with Gasteiger partial charge in [-0.3, -0.25) is 4.79 Å². The standard InChI is InChI=1S/C20H21N3O7/c1-4-10-29-19(25)15-11-13-16(30-15)17(22-23(13)20(26)28-5-2)21-18(24)12-8-6-7-9-14(12)27-3/h6-9,11H,4-5,10H2,1-3H3,(H,21,22,24). The number of methoxy groups -OCH3 is 1. The van der Waals surface area contributed by atoms with E-state index in [9.17, 15) is 14.4 Å². The number of aromatic nitrogens is 2. The maximum absolute atomic E-state index is 12.7. The minimum Gasteiger partial charge on any atom is -0.496 e. The Morgan fingerprint density at radius 1 is 1.17 bits per heavy atom. The number of carbonyl (C=O) groups is 3. The van der Waals surface area contributed by atoms with Gasteiger partial charge in [-0.05, 0) is 25.5 Å². The van der Waals surface area contributed by atoms with Crippen LogP contribution >= 0.6 is 0 Å². The van der Waals surface area contributed by atoms with E-state index in [1.54, 1.807) is 31.2 Å². The molecule has 2 aromatic heterocycles. The predicted molar refractivity (Wildman–Crippen MR) is 106 cm³/mol. The lowest BCUT2D eigenvalue weighted by Crippen LogP contribution is -2.17. The fourth-order valence-corrected chi connectivity index (χ4v) is 2.69. The molecule has 0 aliphatic carbocycles. The van der Waals surface area contributed by atoms with Gasteiger partial charge in [0.2, 0.25) is 5.76 Å². The first kappa shape index (κ1) is 20.9. The van der Waals surface area contributed by atoms with Crippen molar-refractivity contribution in [2.24, 2.45) is 0 Å². The summed E-state index contributed by atoms with van der Waals surface area (Å²) in [6.45, 7) is 3.84. The number of amides is 1. The summed E-state index contributed by atoms with van der Waals surface area (Å²) in [7, 11) is 1.44. The third kappa shape index (κ3) is 4.12. The molecule has 3 rings (SSSR count). The zero-order valence-corrected chi connectivity index (χ0v) is 16.8. The third-order valence-corrected chi connectivity index (χ3v) is 4.02. The van der Waals surface area contributed by atoms with Crippen molar-refractivity contribution < 1.29 is 33.0 Å². The number of carbonyl (C=O) groups excluding carboxylic acids is 3. The molecule has 10 heteroatoms. The van der Waals surface area contributed by atoms with E-state index in [0.29, 0.717) is 12.2 Å². The van der Waals surface area contributed by atoms with Crippen molar-refractivity contribution in [3.8, 4) is 5.75 Å². The van der Waals surface area contributed by atoms with Crippen LogP contribution in [0.3, 0.4) is 0 Å². The first-order valence-corrected chi connectivity index (χ1v) is 9.31. The summed E-state index contributed by atoms with van der Waals surface area (Å²) in [6.07, 6.45) is -0.141. The molecule has 1 aromatic carbocycles. The van der Waals surface area contributed by atoms with E-state index in [-0.39, 0.29) is 41.5 Å². The highest BCUT2D eigenvalue weighted by atomic mass is 16.6. The van der Waals surface area contributed by atoms with Crippen LogP contribution in [0.4, 0.5) is 10.6 Å². The minimum absolute atomic E-state index is 0.0368. The van der Waals surface area contributed by atoms with Gasteiger partial charge in [0.15, 0.2) is 11.4 Å². The van der Waals surface area contributed by atoms with E-state index in [2.05, 4.69) is 10.4 Å². The third-order valence-electron chi connectivity index (χ3n) is 4.02. The van der Waals surface area contributed by atoms with E-state index >= 15 is 0 Å². The number of benzene rings is 1. The number of esters is 1. The Balaban J connectivity index is 2.00. The highest BCUT2D eigenvalue weighted by Gasteiger charge is 2.26. The number of para-hydroxylation sites is 1. The highest BCUT2D eigenvalue weighted by molar-refractivity contribution is 6.09. The molecule has 0 radical (unpaired) electrons. The lowest BCUT2D eigenvalue weighted by molar-refractivity contribution is 0.0471. The summed E-state index contributed by atoms with van der Waals surface area (Å²) >= 11 is 0. The van der Waals surface area contributed by atoms with Crippen LogP contribution < -0.4 is 10.1 Å². The van der Waals surface area contributed by atoms with Gasteiger partial charge in [-0.15, -0.1) is 5.10 Å². The molecule has 0 bridgehead atoms. The topological polar surface area (TPSA) is 122 Å². The SMILES string of the molecule is CCCOC(=O)c1cc2c(o1)c(NC(=O)c1ccccc1OC)nn2C(=O)OCC. The second-order valence-electron chi connectivity index (χ2n) is 6.07. The van der Waals surface area contributed by atoms with E-state index in [4.69, 9.17) is 18.6 Å². The Morgan fingerprint density at radius 3 is 2.63 bits per heavy atom. The highest BCUT2D eigenvalue weighted by Crippen LogP contribution is 2.29. The van der Waals surface area contributed by atoms with Gasteiger partial charge in [-0.2, -0.15) is 4.68 Å². The average molecular weight is 415 g/mol. The lowest BCUT2D eigenvalue weighted by atomic mass is 10.2. The van der Waals surface area contributed by atoms with Gasteiger partial charge in [0.1, 0.15) is 11.3 Å². The van der Waals surface area contributed by atoms with Crippen LogP contribution in [0.5, 0.6) is 5.75 Å². The van der Waals surface area contributed by atoms with Crippen LogP contribution in [0.15, 0.2) is 34.7 Å². The maximum Gasteiger partial charge on any atom is 0.435 e. The molecular weight excluding hydrogens is 394 g/mol. The summed E-state index contributed by atoms with van der Waals surface area (Å²) in [5.74, 6) is -1.04. The predicted octanol–water partition coefficient (Wildman–Crippen LogP) is 3.46. The number of nitrogens with one attached hydrogen (secondary N) is 1. The largest absolute Gasteiger partial charge is 0.496 e. The van der Waals surface area contributed by atoms with E-state index in [0.717, 1.165) is 4.68 Å². The molecule has 30 heavy (non-hydrogen) atoms. The van der Waals surface area contributed by atoms with Gasteiger partial charge < -0.3 is 23.9 Å². The Kier molecular flexibility index (Phi) is 6.35. The number of rotatable bonds is 7. The van der Waals surface area contributed by atoms with Crippen molar-refractivity contribution in [1.29, 1.82) is 0 Å². The first-order valence-electron chi connectivity index (χ1n) is 9.31. The second kappa shape index (κ2) is 9.12. The van der Waals surface area contributed by atoms with Crippen molar-refractivity contribution in [3.05, 3.63) is 41.7 Å². The zero-order valence-electron chi connectivity index (χ0n) is 16.8. The van der Waals surface area contributed by atoms with Gasteiger partial charge in [0, 0.05) is 6.07 Å². The van der Waals surface area contributed by atoms with Crippen LogP contribution in [0.1, 0.15) is 41.2 Å². The van der Waals surface area contributed by atoms with Gasteiger partial charge in [0.25, 0.3) is 5.91 Å². The first-order chi connectivity index (χ1) is 14.5. The van der Waals surface area contributed by atoms with E-state index in [1.807, 2.05) is 6.92 Å². The molecule has 0 saturated heterocycles. The number of ether oxygens (including phenoxy) is 3. The number of hydrogen-bond acceptors (Lipinski definition) is 8. The van der Waals surface area contributed by atoms with Crippen LogP contribution in [0.25, 0.3) is 11.1 Å². The molecule has 0 fully saturated rings. The van der Waals surface area contributed by atoms with Crippen molar-refractivity contribution >= 4 is 34.9 Å². The van der Waals surface area contributed by atoms with Crippen molar-refractivity contribution in [2.75, 3.05) is 25.6 Å². The summed E-state index contributed by atoms with van der Waals surface area (Å²) in [4.78, 5) is 37.2. The Hall–Kier alpha value is -3.82. The molecule has 0 unspecified atom stereocenters. The minimum atomic E-state index is -0.783. The average Bonchev–Trinajstić information content (AvgIpc) is 3.32. The molecule has 0 aliphatic heterocycles. The molecule has 1 N–H and O–H groups in total. The summed E-state index contributed by atoms with van der Waals surface area (Å²) in [6, 6.07) is 7.93. The van der Waals surface area contributed by atoms with E-state index < -0.39 is 18.0 Å². The molecule has 2 heterocycles.